The molecule has 0 saturated heterocycles. The molecule has 0 aromatic heterocycles. The van der Waals surface area contributed by atoms with Crippen molar-refractivity contribution < 1.29 is 23.1 Å². The first-order valence-electron chi connectivity index (χ1n) is 12.3. The Hall–Kier alpha value is -1.70. The molecular weight excluding hydrogens is 471 g/mol. The Balaban J connectivity index is 3.05. The Morgan fingerprint density at radius 1 is 0.914 bits per heavy atom. The van der Waals surface area contributed by atoms with Crippen LogP contribution < -0.4 is 25.8 Å². The van der Waals surface area contributed by atoms with Crippen molar-refractivity contribution in [2.24, 2.45) is 5.41 Å². The quantitative estimate of drug-likeness (QED) is 0.235. The molecule has 0 unspecified atom stereocenters. The van der Waals surface area contributed by atoms with Crippen LogP contribution in [0, 0.1) is 5.41 Å². The number of nitrogens with zero attached hydrogens (tertiary/aromatic N) is 1. The first-order valence-corrected chi connectivity index (χ1v) is 14.0. The Morgan fingerprint density at radius 3 is 1.91 bits per heavy atom. The van der Waals surface area contributed by atoms with Crippen molar-refractivity contribution in [2.75, 3.05) is 37.3 Å². The molecule has 9 nitrogen and oxygen atoms in total. The molecular formula is C25H45N2O7P. The molecule has 0 saturated carbocycles. The second-order valence-electron chi connectivity index (χ2n) is 11.9. The highest BCUT2D eigenvalue weighted by atomic mass is 31.2. The molecule has 0 aliphatic rings. The van der Waals surface area contributed by atoms with Crippen molar-refractivity contribution in [3.63, 3.8) is 0 Å². The van der Waals surface area contributed by atoms with Gasteiger partial charge in [0, 0.05) is 26.1 Å². The van der Waals surface area contributed by atoms with E-state index in [9.17, 15) is 18.9 Å². The van der Waals surface area contributed by atoms with Gasteiger partial charge in [0.1, 0.15) is 5.69 Å². The summed E-state index contributed by atoms with van der Waals surface area (Å²) in [5.74, 6) is -0.0209. The molecule has 1 aromatic carbocycles. The van der Waals surface area contributed by atoms with E-state index in [4.69, 9.17) is 13.8 Å². The maximum absolute atomic E-state index is 13.7. The van der Waals surface area contributed by atoms with Gasteiger partial charge in [0.05, 0.1) is 24.0 Å². The lowest BCUT2D eigenvalue weighted by Gasteiger charge is -2.34. The first kappa shape index (κ1) is 31.3. The molecule has 0 bridgehead atoms. The average molecular weight is 517 g/mol. The lowest BCUT2D eigenvalue weighted by atomic mass is 9.92. The number of rotatable bonds is 13. The molecule has 10 heteroatoms. The highest BCUT2D eigenvalue weighted by Gasteiger charge is 2.37. The molecule has 1 amide bonds. The molecule has 1 rings (SSSR count). The average Bonchev–Trinajstić information content (AvgIpc) is 2.63. The fourth-order valence-electron chi connectivity index (χ4n) is 3.49. The van der Waals surface area contributed by atoms with Crippen molar-refractivity contribution in [2.45, 2.75) is 93.3 Å². The lowest BCUT2D eigenvalue weighted by Crippen LogP contribution is -2.44. The maximum Gasteiger partial charge on any atom is 0.333 e. The van der Waals surface area contributed by atoms with E-state index in [1.165, 1.54) is 0 Å². The summed E-state index contributed by atoms with van der Waals surface area (Å²) in [4.78, 5) is 38.3. The summed E-state index contributed by atoms with van der Waals surface area (Å²) >= 11 is 0. The van der Waals surface area contributed by atoms with Crippen LogP contribution in [0.3, 0.4) is 0 Å². The van der Waals surface area contributed by atoms with Gasteiger partial charge in [-0.3, -0.25) is 18.9 Å². The summed E-state index contributed by atoms with van der Waals surface area (Å²) in [6, 6.07) is 0. The molecule has 0 radical (unpaired) electrons. The van der Waals surface area contributed by atoms with E-state index in [0.29, 0.717) is 25.9 Å². The number of ether oxygens (including phenoxy) is 1. The monoisotopic (exact) mass is 516 g/mol. The minimum absolute atomic E-state index is 0.0162. The molecule has 0 heterocycles. The SMILES string of the molecule is CCOc1c(N(CCCNC(=O)CC(C)(C)C)CCP(=O)(OC(C)(C)C)OC(C)(C)C)c(=O)c1=O. The summed E-state index contributed by atoms with van der Waals surface area (Å²) in [6.45, 7) is 19.7. The Kier molecular flexibility index (Phi) is 10.8. The summed E-state index contributed by atoms with van der Waals surface area (Å²) in [5, 5.41) is 2.89. The zero-order valence-corrected chi connectivity index (χ0v) is 24.1. The van der Waals surface area contributed by atoms with Crippen LogP contribution in [0.1, 0.15) is 82.1 Å². The number of amides is 1. The molecule has 0 aliphatic heterocycles. The molecule has 35 heavy (non-hydrogen) atoms. The van der Waals surface area contributed by atoms with Crippen LogP contribution in [-0.2, 0) is 18.4 Å². The summed E-state index contributed by atoms with van der Waals surface area (Å²) in [6.07, 6.45) is 0.938. The second kappa shape index (κ2) is 12.0. The standard InChI is InChI=1S/C25H45N2O7P/c1-11-32-22-19(20(29)21(22)30)27(14-12-13-26-18(28)17-23(2,3)4)15-16-35(31,33-24(5,6)7)34-25(8,9)10/h11-17H2,1-10H3,(H,26,28). The van der Waals surface area contributed by atoms with E-state index in [1.54, 1.807) is 53.4 Å². The van der Waals surface area contributed by atoms with Crippen LogP contribution in [0.4, 0.5) is 5.69 Å². The zero-order valence-electron chi connectivity index (χ0n) is 23.2. The van der Waals surface area contributed by atoms with E-state index in [2.05, 4.69) is 5.32 Å². The fraction of sp³-hybridized carbons (Fsp3) is 0.800. The van der Waals surface area contributed by atoms with Gasteiger partial charge < -0.3 is 24.0 Å². The van der Waals surface area contributed by atoms with Crippen molar-refractivity contribution in [1.29, 1.82) is 0 Å². The summed E-state index contributed by atoms with van der Waals surface area (Å²) < 4.78 is 30.8. The van der Waals surface area contributed by atoms with Gasteiger partial charge in [0.25, 0.3) is 10.9 Å². The minimum atomic E-state index is -3.56. The van der Waals surface area contributed by atoms with Gasteiger partial charge in [0.2, 0.25) is 5.91 Å². The van der Waals surface area contributed by atoms with Crippen LogP contribution in [0.5, 0.6) is 5.75 Å². The first-order chi connectivity index (χ1) is 15.8. The van der Waals surface area contributed by atoms with E-state index >= 15 is 0 Å². The predicted octanol–water partition coefficient (Wildman–Crippen LogP) is 4.25. The molecule has 0 aliphatic carbocycles. The molecule has 1 N–H and O–H groups in total. The van der Waals surface area contributed by atoms with Crippen LogP contribution >= 0.6 is 7.60 Å². The summed E-state index contributed by atoms with van der Waals surface area (Å²) in [7, 11) is -3.56. The van der Waals surface area contributed by atoms with E-state index < -0.39 is 29.7 Å². The summed E-state index contributed by atoms with van der Waals surface area (Å²) in [5.41, 5.74) is -2.65. The van der Waals surface area contributed by atoms with Gasteiger partial charge in [-0.15, -0.1) is 0 Å². The predicted molar refractivity (Wildman–Crippen MR) is 141 cm³/mol. The molecule has 0 atom stereocenters. The maximum atomic E-state index is 13.7. The van der Waals surface area contributed by atoms with Gasteiger partial charge in [-0.05, 0) is 60.3 Å². The van der Waals surface area contributed by atoms with Crippen molar-refractivity contribution >= 4 is 19.2 Å². The van der Waals surface area contributed by atoms with Crippen molar-refractivity contribution in [1.82, 2.24) is 5.32 Å². The topological polar surface area (TPSA) is 111 Å². The van der Waals surface area contributed by atoms with Crippen LogP contribution in [0.25, 0.3) is 0 Å². The Bertz CT molecular complexity index is 941. The van der Waals surface area contributed by atoms with Crippen LogP contribution in [0.2, 0.25) is 0 Å². The van der Waals surface area contributed by atoms with Crippen molar-refractivity contribution in [3.05, 3.63) is 20.4 Å². The molecule has 1 aromatic rings. The number of hydrogen-bond acceptors (Lipinski definition) is 8. The highest BCUT2D eigenvalue weighted by Crippen LogP contribution is 2.54. The van der Waals surface area contributed by atoms with Crippen LogP contribution in [0.15, 0.2) is 9.59 Å². The zero-order chi connectivity index (χ0) is 27.2. The second-order valence-corrected chi connectivity index (χ2v) is 14.0. The van der Waals surface area contributed by atoms with E-state index in [-0.39, 0.29) is 42.1 Å². The molecule has 0 spiro atoms. The molecule has 202 valence electrons. The van der Waals surface area contributed by atoms with Crippen molar-refractivity contribution in [3.8, 4) is 5.75 Å². The third-order valence-electron chi connectivity index (χ3n) is 4.54. The van der Waals surface area contributed by atoms with E-state index in [0.717, 1.165) is 0 Å². The highest BCUT2D eigenvalue weighted by molar-refractivity contribution is 7.54. The Morgan fingerprint density at radius 2 is 1.46 bits per heavy atom. The van der Waals surface area contributed by atoms with Gasteiger partial charge in [-0.1, -0.05) is 20.8 Å². The smallest absolute Gasteiger partial charge is 0.333 e. The normalized spacial score (nSPS) is 13.2. The lowest BCUT2D eigenvalue weighted by molar-refractivity contribution is -0.122. The van der Waals surface area contributed by atoms with Crippen LogP contribution in [-0.4, -0.2) is 49.5 Å². The third-order valence-corrected chi connectivity index (χ3v) is 6.93. The number of hydrogen-bond donors (Lipinski definition) is 1. The largest absolute Gasteiger partial charge is 0.488 e. The number of nitrogens with one attached hydrogen (secondary N) is 1. The van der Waals surface area contributed by atoms with Gasteiger partial charge in [0.15, 0.2) is 5.75 Å². The van der Waals surface area contributed by atoms with Gasteiger partial charge in [-0.25, -0.2) is 0 Å². The minimum Gasteiger partial charge on any atom is -0.488 e. The fourth-order valence-corrected chi connectivity index (χ4v) is 5.86. The number of anilines is 1. The van der Waals surface area contributed by atoms with Gasteiger partial charge >= 0.3 is 7.60 Å². The number of carbonyl (C=O) groups excluding carboxylic acids is 1. The molecule has 0 fully saturated rings. The third kappa shape index (κ3) is 11.3. The number of carbonyl (C=O) groups is 1. The Labute approximate surface area is 210 Å². The van der Waals surface area contributed by atoms with E-state index in [1.807, 2.05) is 20.8 Å². The van der Waals surface area contributed by atoms with Gasteiger partial charge in [-0.2, -0.15) is 0 Å².